The highest BCUT2D eigenvalue weighted by Crippen LogP contribution is 2.37. The van der Waals surface area contributed by atoms with Crippen LogP contribution in [-0.2, 0) is 7.05 Å². The van der Waals surface area contributed by atoms with Crippen LogP contribution in [0.2, 0.25) is 5.02 Å². The Hall–Kier alpha value is -1.68. The summed E-state index contributed by atoms with van der Waals surface area (Å²) >= 11 is 6.36. The molecule has 0 unspecified atom stereocenters. The third-order valence-electron chi connectivity index (χ3n) is 3.10. The lowest BCUT2D eigenvalue weighted by atomic mass is 9.99. The van der Waals surface area contributed by atoms with E-state index in [2.05, 4.69) is 18.9 Å². The second-order valence-electron chi connectivity index (χ2n) is 4.81. The zero-order valence-corrected chi connectivity index (χ0v) is 12.3. The molecule has 5 heteroatoms. The molecule has 0 aliphatic heterocycles. The lowest BCUT2D eigenvalue weighted by Gasteiger charge is -2.15. The Labute approximate surface area is 118 Å². The molecule has 0 fully saturated rings. The van der Waals surface area contributed by atoms with E-state index < -0.39 is 0 Å². The van der Waals surface area contributed by atoms with Crippen LogP contribution in [0.1, 0.15) is 25.3 Å². The molecule has 2 rings (SSSR count). The van der Waals surface area contributed by atoms with Crippen LogP contribution in [0.3, 0.4) is 0 Å². The van der Waals surface area contributed by atoms with Crippen LogP contribution in [0, 0.1) is 0 Å². The molecule has 0 spiro atoms. The molecule has 1 aromatic heterocycles. The third kappa shape index (κ3) is 2.54. The average molecular weight is 280 g/mol. The van der Waals surface area contributed by atoms with E-state index in [1.165, 1.54) is 0 Å². The van der Waals surface area contributed by atoms with Gasteiger partial charge < -0.3 is 10.5 Å². The minimum atomic E-state index is 0.297. The highest BCUT2D eigenvalue weighted by molar-refractivity contribution is 6.32. The Morgan fingerprint density at radius 1 is 1.32 bits per heavy atom. The van der Waals surface area contributed by atoms with Gasteiger partial charge in [0.05, 0.1) is 12.8 Å². The first-order valence-corrected chi connectivity index (χ1v) is 6.49. The van der Waals surface area contributed by atoms with E-state index >= 15 is 0 Å². The number of benzene rings is 1. The van der Waals surface area contributed by atoms with Crippen molar-refractivity contribution in [1.29, 1.82) is 0 Å². The molecule has 1 heterocycles. The van der Waals surface area contributed by atoms with Gasteiger partial charge in [-0.05, 0) is 18.1 Å². The zero-order chi connectivity index (χ0) is 14.2. The van der Waals surface area contributed by atoms with Gasteiger partial charge in [0.25, 0.3) is 0 Å². The Kier molecular flexibility index (Phi) is 3.71. The first-order chi connectivity index (χ1) is 8.93. The third-order valence-corrected chi connectivity index (χ3v) is 3.41. The molecule has 0 saturated carbocycles. The fourth-order valence-electron chi connectivity index (χ4n) is 2.09. The molecule has 0 aliphatic rings. The molecule has 0 amide bonds. The van der Waals surface area contributed by atoms with Crippen molar-refractivity contribution in [2.45, 2.75) is 19.8 Å². The number of anilines is 1. The van der Waals surface area contributed by atoms with E-state index in [1.54, 1.807) is 18.8 Å². The van der Waals surface area contributed by atoms with Crippen LogP contribution in [0.5, 0.6) is 5.75 Å². The van der Waals surface area contributed by atoms with Gasteiger partial charge in [-0.25, -0.2) is 0 Å². The number of ether oxygens (including phenoxy) is 1. The molecule has 19 heavy (non-hydrogen) atoms. The van der Waals surface area contributed by atoms with Crippen molar-refractivity contribution in [2.75, 3.05) is 12.8 Å². The van der Waals surface area contributed by atoms with Crippen LogP contribution in [0.15, 0.2) is 18.2 Å². The first-order valence-electron chi connectivity index (χ1n) is 6.11. The Morgan fingerprint density at radius 2 is 2.00 bits per heavy atom. The van der Waals surface area contributed by atoms with E-state index in [0.29, 0.717) is 16.8 Å². The molecule has 0 atom stereocenters. The second kappa shape index (κ2) is 5.13. The van der Waals surface area contributed by atoms with Gasteiger partial charge in [0.15, 0.2) is 0 Å². The van der Waals surface area contributed by atoms with Crippen molar-refractivity contribution in [3.05, 3.63) is 28.8 Å². The lowest BCUT2D eigenvalue weighted by Crippen LogP contribution is -1.97. The van der Waals surface area contributed by atoms with Crippen molar-refractivity contribution in [3.8, 4) is 17.0 Å². The summed E-state index contributed by atoms with van der Waals surface area (Å²) in [5.74, 6) is 1.69. The summed E-state index contributed by atoms with van der Waals surface area (Å²) in [7, 11) is 3.45. The van der Waals surface area contributed by atoms with Gasteiger partial charge in [-0.2, -0.15) is 5.10 Å². The van der Waals surface area contributed by atoms with E-state index in [1.807, 2.05) is 18.2 Å². The maximum absolute atomic E-state index is 6.36. The molecule has 102 valence electrons. The molecular weight excluding hydrogens is 262 g/mol. The van der Waals surface area contributed by atoms with Crippen molar-refractivity contribution < 1.29 is 4.74 Å². The van der Waals surface area contributed by atoms with Gasteiger partial charge in [-0.1, -0.05) is 25.4 Å². The fraction of sp³-hybridized carbons (Fsp3) is 0.357. The summed E-state index contributed by atoms with van der Waals surface area (Å²) in [6.07, 6.45) is 0. The average Bonchev–Trinajstić information content (AvgIpc) is 2.68. The number of hydrogen-bond acceptors (Lipinski definition) is 3. The summed E-state index contributed by atoms with van der Waals surface area (Å²) in [6.45, 7) is 4.17. The maximum Gasteiger partial charge on any atom is 0.124 e. The first kappa shape index (κ1) is 13.7. The number of methoxy groups -OCH3 is 1. The molecule has 0 bridgehead atoms. The Bertz CT molecular complexity index is 585. The Morgan fingerprint density at radius 3 is 2.47 bits per heavy atom. The normalized spacial score (nSPS) is 11.1. The number of halogens is 1. The maximum atomic E-state index is 6.36. The molecule has 2 aromatic rings. The van der Waals surface area contributed by atoms with Gasteiger partial charge in [0, 0.05) is 29.3 Å². The summed E-state index contributed by atoms with van der Waals surface area (Å²) in [5, 5.41) is 5.04. The Balaban J connectivity index is 2.57. The minimum Gasteiger partial charge on any atom is -0.496 e. The molecule has 0 radical (unpaired) electrons. The highest BCUT2D eigenvalue weighted by Gasteiger charge is 2.15. The standard InChI is InChI=1S/C14H18ClN3O/c1-8(2)14-10(15)5-9(6-12(14)19-4)11-7-13(16)18(3)17-11/h5-8H,16H2,1-4H3. The number of hydrogen-bond donors (Lipinski definition) is 1. The molecule has 1 aromatic carbocycles. The number of aryl methyl sites for hydroxylation is 1. The van der Waals surface area contributed by atoms with Crippen LogP contribution >= 0.6 is 11.6 Å². The molecule has 0 aliphatic carbocycles. The van der Waals surface area contributed by atoms with Crippen molar-refractivity contribution in [2.24, 2.45) is 7.05 Å². The van der Waals surface area contributed by atoms with Gasteiger partial charge in [-0.3, -0.25) is 4.68 Å². The summed E-state index contributed by atoms with van der Waals surface area (Å²) in [4.78, 5) is 0. The summed E-state index contributed by atoms with van der Waals surface area (Å²) in [6, 6.07) is 5.67. The van der Waals surface area contributed by atoms with Crippen LogP contribution in [0.4, 0.5) is 5.82 Å². The zero-order valence-electron chi connectivity index (χ0n) is 11.6. The number of nitrogen functional groups attached to an aromatic ring is 1. The molecular formula is C14H18ClN3O. The predicted octanol–water partition coefficient (Wildman–Crippen LogP) is 3.45. The molecule has 0 saturated heterocycles. The van der Waals surface area contributed by atoms with Crippen LogP contribution in [-0.4, -0.2) is 16.9 Å². The van der Waals surface area contributed by atoms with Crippen molar-refractivity contribution in [3.63, 3.8) is 0 Å². The summed E-state index contributed by atoms with van der Waals surface area (Å²) < 4.78 is 7.07. The highest BCUT2D eigenvalue weighted by atomic mass is 35.5. The number of aromatic nitrogens is 2. The summed E-state index contributed by atoms with van der Waals surface area (Å²) in [5.41, 5.74) is 8.50. The predicted molar refractivity (Wildman–Crippen MR) is 78.7 cm³/mol. The largest absolute Gasteiger partial charge is 0.496 e. The van der Waals surface area contributed by atoms with Crippen molar-refractivity contribution in [1.82, 2.24) is 9.78 Å². The second-order valence-corrected chi connectivity index (χ2v) is 5.21. The van der Waals surface area contributed by atoms with Gasteiger partial charge in [-0.15, -0.1) is 0 Å². The smallest absolute Gasteiger partial charge is 0.124 e. The quantitative estimate of drug-likeness (QED) is 0.936. The van der Waals surface area contributed by atoms with E-state index in [0.717, 1.165) is 22.6 Å². The monoisotopic (exact) mass is 279 g/mol. The van der Waals surface area contributed by atoms with Crippen LogP contribution < -0.4 is 10.5 Å². The number of nitrogens with zero attached hydrogens (tertiary/aromatic N) is 2. The van der Waals surface area contributed by atoms with E-state index in [4.69, 9.17) is 22.1 Å². The van der Waals surface area contributed by atoms with Crippen molar-refractivity contribution >= 4 is 17.4 Å². The topological polar surface area (TPSA) is 53.1 Å². The SMILES string of the molecule is COc1cc(-c2cc(N)n(C)n2)cc(Cl)c1C(C)C. The molecule has 2 N–H and O–H groups in total. The minimum absolute atomic E-state index is 0.297. The fourth-order valence-corrected chi connectivity index (χ4v) is 2.52. The number of rotatable bonds is 3. The van der Waals surface area contributed by atoms with Crippen LogP contribution in [0.25, 0.3) is 11.3 Å². The van der Waals surface area contributed by atoms with Gasteiger partial charge >= 0.3 is 0 Å². The van der Waals surface area contributed by atoms with Gasteiger partial charge in [0.2, 0.25) is 0 Å². The van der Waals surface area contributed by atoms with E-state index in [-0.39, 0.29) is 0 Å². The molecule has 4 nitrogen and oxygen atoms in total. The van der Waals surface area contributed by atoms with Gasteiger partial charge in [0.1, 0.15) is 11.6 Å². The number of nitrogens with two attached hydrogens (primary N) is 1. The lowest BCUT2D eigenvalue weighted by molar-refractivity contribution is 0.408. The van der Waals surface area contributed by atoms with E-state index in [9.17, 15) is 0 Å².